The van der Waals surface area contributed by atoms with E-state index in [1.807, 2.05) is 0 Å². The highest BCUT2D eigenvalue weighted by molar-refractivity contribution is 7.86. The van der Waals surface area contributed by atoms with Crippen molar-refractivity contribution in [2.45, 2.75) is 24.0 Å². The highest BCUT2D eigenvalue weighted by atomic mass is 32.2. The number of rotatable bonds is 4. The summed E-state index contributed by atoms with van der Waals surface area (Å²) in [5.74, 6) is -1.01. The molecule has 1 aromatic rings. The van der Waals surface area contributed by atoms with Crippen LogP contribution in [0.2, 0.25) is 0 Å². The zero-order valence-corrected chi connectivity index (χ0v) is 9.92. The number of hydrogen-bond donors (Lipinski definition) is 0. The highest BCUT2D eigenvalue weighted by Crippen LogP contribution is 2.13. The number of carbonyl (C=O) groups is 1. The fraction of sp³-hybridized carbons (Fsp3) is 0.364. The van der Waals surface area contributed by atoms with Crippen LogP contribution in [-0.4, -0.2) is 22.0 Å². The molecule has 0 amide bonds. The van der Waals surface area contributed by atoms with E-state index in [0.29, 0.717) is 4.90 Å². The third kappa shape index (κ3) is 3.13. The molecule has 0 aliphatic carbocycles. The van der Waals surface area contributed by atoms with Crippen molar-refractivity contribution in [3.05, 3.63) is 30.1 Å². The van der Waals surface area contributed by atoms with Gasteiger partial charge in [-0.1, -0.05) is 6.07 Å². The summed E-state index contributed by atoms with van der Waals surface area (Å²) in [7, 11) is -1.58. The lowest BCUT2D eigenvalue weighted by atomic mass is 10.3. The molecule has 0 aliphatic rings. The van der Waals surface area contributed by atoms with Crippen molar-refractivity contribution in [1.82, 2.24) is 0 Å². The van der Waals surface area contributed by atoms with Crippen molar-refractivity contribution in [3.63, 3.8) is 0 Å². The predicted molar refractivity (Wildman–Crippen MR) is 58.9 cm³/mol. The third-order valence-electron chi connectivity index (χ3n) is 1.97. The third-order valence-corrected chi connectivity index (χ3v) is 3.52. The second-order valence-corrected chi connectivity index (χ2v) is 4.92. The monoisotopic (exact) mass is 244 g/mol. The molecule has 1 rings (SSSR count). The molecule has 0 spiro atoms. The van der Waals surface area contributed by atoms with Crippen LogP contribution >= 0.6 is 0 Å². The Labute approximate surface area is 96.1 Å². The Morgan fingerprint density at radius 1 is 1.56 bits per heavy atom. The molecule has 0 radical (unpaired) electrons. The molecule has 3 nitrogen and oxygen atoms in total. The Bertz CT molecular complexity index is 406. The van der Waals surface area contributed by atoms with E-state index in [9.17, 15) is 13.4 Å². The lowest BCUT2D eigenvalue weighted by molar-refractivity contribution is -0.142. The van der Waals surface area contributed by atoms with Crippen molar-refractivity contribution in [3.8, 4) is 0 Å². The van der Waals surface area contributed by atoms with E-state index in [-0.39, 0.29) is 6.61 Å². The Morgan fingerprint density at radius 3 is 2.81 bits per heavy atom. The van der Waals surface area contributed by atoms with Gasteiger partial charge in [0, 0.05) is 4.90 Å². The van der Waals surface area contributed by atoms with Crippen LogP contribution in [0.5, 0.6) is 0 Å². The topological polar surface area (TPSA) is 43.4 Å². The van der Waals surface area contributed by atoms with Crippen molar-refractivity contribution in [1.29, 1.82) is 0 Å². The van der Waals surface area contributed by atoms with Crippen LogP contribution in [0.3, 0.4) is 0 Å². The zero-order chi connectivity index (χ0) is 12.1. The first-order valence-electron chi connectivity index (χ1n) is 4.89. The normalized spacial score (nSPS) is 14.2. The van der Waals surface area contributed by atoms with E-state index in [4.69, 9.17) is 4.74 Å². The first kappa shape index (κ1) is 12.8. The largest absolute Gasteiger partial charge is 0.465 e. The van der Waals surface area contributed by atoms with Crippen molar-refractivity contribution >= 4 is 16.8 Å². The highest BCUT2D eigenvalue weighted by Gasteiger charge is 2.22. The summed E-state index contributed by atoms with van der Waals surface area (Å²) in [4.78, 5) is 11.6. The van der Waals surface area contributed by atoms with Gasteiger partial charge in [0.1, 0.15) is 11.1 Å². The molecule has 0 fully saturated rings. The fourth-order valence-corrected chi connectivity index (χ4v) is 2.24. The summed E-state index contributed by atoms with van der Waals surface area (Å²) in [6.07, 6.45) is 0. The van der Waals surface area contributed by atoms with Gasteiger partial charge < -0.3 is 4.74 Å². The van der Waals surface area contributed by atoms with Crippen LogP contribution in [0, 0.1) is 5.82 Å². The minimum absolute atomic E-state index is 0.240. The van der Waals surface area contributed by atoms with E-state index >= 15 is 0 Å². The van der Waals surface area contributed by atoms with Crippen molar-refractivity contribution in [2.75, 3.05) is 6.61 Å². The maximum Gasteiger partial charge on any atom is 0.321 e. The molecule has 0 saturated carbocycles. The zero-order valence-electron chi connectivity index (χ0n) is 9.10. The minimum atomic E-state index is -1.58. The summed E-state index contributed by atoms with van der Waals surface area (Å²) in [5, 5.41) is -0.790. The van der Waals surface area contributed by atoms with E-state index in [1.165, 1.54) is 25.1 Å². The van der Waals surface area contributed by atoms with Crippen molar-refractivity contribution < 1.29 is 18.1 Å². The van der Waals surface area contributed by atoms with E-state index < -0.39 is 27.8 Å². The van der Waals surface area contributed by atoms with Gasteiger partial charge in [-0.3, -0.25) is 9.00 Å². The maximum absolute atomic E-state index is 12.9. The maximum atomic E-state index is 12.9. The molecule has 1 aromatic carbocycles. The molecule has 0 N–H and O–H groups in total. The standard InChI is InChI=1S/C11H13FO3S/c1-3-15-11(13)8(2)16(14)10-6-4-5-9(12)7-10/h4-8H,3H2,1-2H3/t8-,16+/m0/s1. The Kier molecular flexibility index (Phi) is 4.61. The van der Waals surface area contributed by atoms with Gasteiger partial charge in [-0.05, 0) is 32.0 Å². The van der Waals surface area contributed by atoms with E-state index in [2.05, 4.69) is 0 Å². The number of benzene rings is 1. The number of esters is 1. The number of ether oxygens (including phenoxy) is 1. The molecule has 0 aliphatic heterocycles. The summed E-state index contributed by atoms with van der Waals surface area (Å²) in [5.41, 5.74) is 0. The van der Waals surface area contributed by atoms with Gasteiger partial charge in [0.15, 0.2) is 0 Å². The first-order chi connectivity index (χ1) is 7.56. The molecule has 88 valence electrons. The van der Waals surface area contributed by atoms with Gasteiger partial charge in [0.05, 0.1) is 17.4 Å². The van der Waals surface area contributed by atoms with Crippen LogP contribution < -0.4 is 0 Å². The molecule has 16 heavy (non-hydrogen) atoms. The average molecular weight is 244 g/mol. The summed E-state index contributed by atoms with van der Waals surface area (Å²) in [6, 6.07) is 5.40. The molecule has 2 atom stereocenters. The SMILES string of the molecule is CCOC(=O)[C@H](C)[S@@](=O)c1cccc(F)c1. The van der Waals surface area contributed by atoms with Gasteiger partial charge in [0.2, 0.25) is 0 Å². The lowest BCUT2D eigenvalue weighted by Gasteiger charge is -2.10. The summed E-state index contributed by atoms with van der Waals surface area (Å²) in [6.45, 7) is 3.41. The molecule has 0 bridgehead atoms. The first-order valence-corrected chi connectivity index (χ1v) is 6.10. The van der Waals surface area contributed by atoms with Gasteiger partial charge in [0.25, 0.3) is 0 Å². The molecule has 0 unspecified atom stereocenters. The fourth-order valence-electron chi connectivity index (χ4n) is 1.14. The predicted octanol–water partition coefficient (Wildman–Crippen LogP) is 1.88. The summed E-state index contributed by atoms with van der Waals surface area (Å²) >= 11 is 0. The number of carbonyl (C=O) groups excluding carboxylic acids is 1. The molecule has 0 aromatic heterocycles. The Balaban J connectivity index is 2.82. The van der Waals surface area contributed by atoms with Gasteiger partial charge in [-0.25, -0.2) is 4.39 Å². The van der Waals surface area contributed by atoms with Crippen LogP contribution in [0.25, 0.3) is 0 Å². The van der Waals surface area contributed by atoms with E-state index in [0.717, 1.165) is 6.07 Å². The van der Waals surface area contributed by atoms with Crippen molar-refractivity contribution in [2.24, 2.45) is 0 Å². The molecule has 5 heteroatoms. The lowest BCUT2D eigenvalue weighted by Crippen LogP contribution is -2.25. The minimum Gasteiger partial charge on any atom is -0.465 e. The van der Waals surface area contributed by atoms with Crippen LogP contribution in [0.1, 0.15) is 13.8 Å². The molecular formula is C11H13FO3S. The molecular weight excluding hydrogens is 231 g/mol. The van der Waals surface area contributed by atoms with Gasteiger partial charge in [-0.15, -0.1) is 0 Å². The second-order valence-electron chi connectivity index (χ2n) is 3.15. The number of hydrogen-bond acceptors (Lipinski definition) is 3. The second kappa shape index (κ2) is 5.75. The van der Waals surface area contributed by atoms with Crippen LogP contribution in [-0.2, 0) is 20.3 Å². The van der Waals surface area contributed by atoms with Gasteiger partial charge >= 0.3 is 5.97 Å². The van der Waals surface area contributed by atoms with E-state index in [1.54, 1.807) is 6.92 Å². The Morgan fingerprint density at radius 2 is 2.25 bits per heavy atom. The quantitative estimate of drug-likeness (QED) is 0.760. The van der Waals surface area contributed by atoms with Crippen LogP contribution in [0.4, 0.5) is 4.39 Å². The smallest absolute Gasteiger partial charge is 0.321 e. The molecule has 0 heterocycles. The Hall–Kier alpha value is -1.23. The summed E-state index contributed by atoms with van der Waals surface area (Å²) < 4.78 is 29.5. The van der Waals surface area contributed by atoms with Gasteiger partial charge in [-0.2, -0.15) is 0 Å². The average Bonchev–Trinajstić information content (AvgIpc) is 2.27. The van der Waals surface area contributed by atoms with Crippen LogP contribution in [0.15, 0.2) is 29.2 Å². The molecule has 0 saturated heterocycles. The number of halogens is 1.